The van der Waals surface area contributed by atoms with Crippen LogP contribution in [0.25, 0.3) is 10.9 Å². The average molecular weight is 483 g/mol. The van der Waals surface area contributed by atoms with Gasteiger partial charge in [-0.3, -0.25) is 14.7 Å². The summed E-state index contributed by atoms with van der Waals surface area (Å²) in [5.41, 5.74) is 1.45. The highest BCUT2D eigenvalue weighted by molar-refractivity contribution is 6.30. The SMILES string of the molecule is CC(C(=O)Nc1ccc(Cl)cc1)N1C2CC(Oc3ccnc4ccc(F)cc34)CC1CN(C)C2. The standard InChI is InChI=1S/C26H28ClFN4O2/c1-16(26(33)30-19-6-3-17(27)4-7-19)32-20-12-22(13-21(32)15-31(2)14-20)34-25-9-10-29-24-8-5-18(28)11-23(24)25/h3-11,16,20-22H,12-15H2,1-2H3,(H,30,33). The Hall–Kier alpha value is -2.74. The Balaban J connectivity index is 1.32. The highest BCUT2D eigenvalue weighted by atomic mass is 35.5. The van der Waals surface area contributed by atoms with Crippen molar-refractivity contribution in [3.05, 3.63) is 65.6 Å². The summed E-state index contributed by atoms with van der Waals surface area (Å²) in [5.74, 6) is 0.318. The summed E-state index contributed by atoms with van der Waals surface area (Å²) >= 11 is 5.96. The first-order valence-electron chi connectivity index (χ1n) is 11.6. The number of carbonyl (C=O) groups is 1. The second-order valence-electron chi connectivity index (χ2n) is 9.33. The minimum Gasteiger partial charge on any atom is -0.490 e. The van der Waals surface area contributed by atoms with Crippen molar-refractivity contribution in [1.82, 2.24) is 14.8 Å². The van der Waals surface area contributed by atoms with Crippen LogP contribution in [0.15, 0.2) is 54.7 Å². The first kappa shape index (κ1) is 23.0. The third-order valence-corrected chi connectivity index (χ3v) is 7.11. The van der Waals surface area contributed by atoms with E-state index in [0.717, 1.165) is 31.6 Å². The maximum absolute atomic E-state index is 13.9. The van der Waals surface area contributed by atoms with Crippen LogP contribution in [0, 0.1) is 5.82 Å². The molecule has 3 aromatic rings. The number of aromatic nitrogens is 1. The summed E-state index contributed by atoms with van der Waals surface area (Å²) in [4.78, 5) is 22.1. The summed E-state index contributed by atoms with van der Waals surface area (Å²) in [7, 11) is 2.12. The quantitative estimate of drug-likeness (QED) is 0.577. The van der Waals surface area contributed by atoms with E-state index in [1.165, 1.54) is 12.1 Å². The van der Waals surface area contributed by atoms with E-state index >= 15 is 0 Å². The van der Waals surface area contributed by atoms with Crippen LogP contribution in [-0.2, 0) is 4.79 Å². The number of likely N-dealkylation sites (tertiary alicyclic amines) is 1. The Kier molecular flexibility index (Phi) is 6.42. The maximum atomic E-state index is 13.9. The molecule has 2 aliphatic heterocycles. The molecule has 1 aromatic heterocycles. The van der Waals surface area contributed by atoms with E-state index in [2.05, 4.69) is 27.1 Å². The van der Waals surface area contributed by atoms with Gasteiger partial charge in [-0.05, 0) is 62.5 Å². The van der Waals surface area contributed by atoms with Crippen LogP contribution >= 0.6 is 11.6 Å². The molecule has 0 aliphatic carbocycles. The van der Waals surface area contributed by atoms with E-state index in [1.54, 1.807) is 30.5 Å². The highest BCUT2D eigenvalue weighted by Crippen LogP contribution is 2.34. The predicted octanol–water partition coefficient (Wildman–Crippen LogP) is 4.58. The number of fused-ring (bicyclic) bond motifs is 3. The van der Waals surface area contributed by atoms with Crippen LogP contribution in [0.1, 0.15) is 19.8 Å². The van der Waals surface area contributed by atoms with E-state index in [0.29, 0.717) is 21.7 Å². The molecule has 2 fully saturated rings. The number of carbonyl (C=O) groups excluding carboxylic acids is 1. The topological polar surface area (TPSA) is 57.7 Å². The van der Waals surface area contributed by atoms with Crippen LogP contribution in [0.3, 0.4) is 0 Å². The molecule has 6 nitrogen and oxygen atoms in total. The lowest BCUT2D eigenvalue weighted by Crippen LogP contribution is -2.66. The molecule has 8 heteroatoms. The molecular weight excluding hydrogens is 455 g/mol. The predicted molar refractivity (Wildman–Crippen MR) is 132 cm³/mol. The summed E-state index contributed by atoms with van der Waals surface area (Å²) < 4.78 is 20.3. The molecule has 2 aromatic carbocycles. The number of benzene rings is 2. The molecule has 3 atom stereocenters. The molecule has 2 aliphatic rings. The molecule has 3 unspecified atom stereocenters. The minimum atomic E-state index is -0.306. The number of piperidine rings is 1. The normalized spacial score (nSPS) is 24.1. The smallest absolute Gasteiger partial charge is 0.241 e. The van der Waals surface area contributed by atoms with E-state index in [-0.39, 0.29) is 36.0 Å². The maximum Gasteiger partial charge on any atom is 0.241 e. The number of likely N-dealkylation sites (N-methyl/N-ethyl adjacent to an activating group) is 1. The molecule has 3 heterocycles. The Morgan fingerprint density at radius 2 is 1.85 bits per heavy atom. The molecule has 0 radical (unpaired) electrons. The van der Waals surface area contributed by atoms with Crippen molar-refractivity contribution in [3.63, 3.8) is 0 Å². The fourth-order valence-corrected chi connectivity index (χ4v) is 5.52. The Labute approximate surface area is 203 Å². The van der Waals surface area contributed by atoms with Crippen LogP contribution in [-0.4, -0.2) is 65.1 Å². The van der Waals surface area contributed by atoms with Crippen molar-refractivity contribution in [2.45, 2.75) is 44.0 Å². The summed E-state index contributed by atoms with van der Waals surface area (Å²) in [5, 5.41) is 4.33. The molecule has 0 saturated carbocycles. The van der Waals surface area contributed by atoms with Gasteiger partial charge in [0.25, 0.3) is 0 Å². The van der Waals surface area contributed by atoms with Crippen molar-refractivity contribution in [3.8, 4) is 5.75 Å². The number of piperazine rings is 1. The summed E-state index contributed by atoms with van der Waals surface area (Å²) in [6, 6.07) is 13.6. The summed E-state index contributed by atoms with van der Waals surface area (Å²) in [6.07, 6.45) is 3.26. The van der Waals surface area contributed by atoms with Crippen molar-refractivity contribution < 1.29 is 13.9 Å². The van der Waals surface area contributed by atoms with Gasteiger partial charge in [0.05, 0.1) is 11.6 Å². The van der Waals surface area contributed by atoms with Gasteiger partial charge in [-0.15, -0.1) is 0 Å². The van der Waals surface area contributed by atoms with E-state index in [4.69, 9.17) is 16.3 Å². The number of nitrogens with zero attached hydrogens (tertiary/aromatic N) is 3. The van der Waals surface area contributed by atoms with E-state index < -0.39 is 0 Å². The van der Waals surface area contributed by atoms with Crippen molar-refractivity contribution in [2.75, 3.05) is 25.5 Å². The molecule has 2 bridgehead atoms. The average Bonchev–Trinajstić information content (AvgIpc) is 2.80. The zero-order valence-electron chi connectivity index (χ0n) is 19.2. The van der Waals surface area contributed by atoms with Gasteiger partial charge in [0, 0.05) is 60.3 Å². The second-order valence-corrected chi connectivity index (χ2v) is 9.77. The number of amides is 1. The van der Waals surface area contributed by atoms with Gasteiger partial charge in [0.15, 0.2) is 0 Å². The Bertz CT molecular complexity index is 1180. The van der Waals surface area contributed by atoms with Gasteiger partial charge in [0.1, 0.15) is 17.7 Å². The lowest BCUT2D eigenvalue weighted by atomic mass is 9.87. The van der Waals surface area contributed by atoms with Crippen molar-refractivity contribution in [2.24, 2.45) is 0 Å². The largest absolute Gasteiger partial charge is 0.490 e. The number of hydrogen-bond acceptors (Lipinski definition) is 5. The Morgan fingerprint density at radius 3 is 2.56 bits per heavy atom. The molecule has 2 saturated heterocycles. The van der Waals surface area contributed by atoms with Crippen LogP contribution in [0.2, 0.25) is 5.02 Å². The van der Waals surface area contributed by atoms with Gasteiger partial charge in [-0.2, -0.15) is 0 Å². The third-order valence-electron chi connectivity index (χ3n) is 6.85. The molecule has 1 amide bonds. The highest BCUT2D eigenvalue weighted by Gasteiger charge is 2.44. The Morgan fingerprint density at radius 1 is 1.15 bits per heavy atom. The molecule has 1 N–H and O–H groups in total. The zero-order valence-corrected chi connectivity index (χ0v) is 20.0. The number of nitrogens with one attached hydrogen (secondary N) is 1. The monoisotopic (exact) mass is 482 g/mol. The number of rotatable bonds is 5. The van der Waals surface area contributed by atoms with Crippen molar-refractivity contribution in [1.29, 1.82) is 0 Å². The molecular formula is C26H28ClFN4O2. The van der Waals surface area contributed by atoms with Crippen molar-refractivity contribution >= 4 is 34.1 Å². The second kappa shape index (κ2) is 9.49. The molecule has 178 valence electrons. The van der Waals surface area contributed by atoms with Crippen LogP contribution in [0.4, 0.5) is 10.1 Å². The first-order chi connectivity index (χ1) is 16.4. The van der Waals surface area contributed by atoms with Gasteiger partial charge in [-0.25, -0.2) is 4.39 Å². The third kappa shape index (κ3) is 4.73. The molecule has 34 heavy (non-hydrogen) atoms. The zero-order chi connectivity index (χ0) is 23.8. The molecule has 0 spiro atoms. The number of halogens is 2. The van der Waals surface area contributed by atoms with Crippen LogP contribution in [0.5, 0.6) is 5.75 Å². The minimum absolute atomic E-state index is 0.0136. The fourth-order valence-electron chi connectivity index (χ4n) is 5.40. The molecule has 5 rings (SSSR count). The van der Waals surface area contributed by atoms with E-state index in [9.17, 15) is 9.18 Å². The van der Waals surface area contributed by atoms with Gasteiger partial charge in [-0.1, -0.05) is 11.6 Å². The summed E-state index contributed by atoms with van der Waals surface area (Å²) in [6.45, 7) is 3.69. The first-order valence-corrected chi connectivity index (χ1v) is 12.0. The van der Waals surface area contributed by atoms with Gasteiger partial charge < -0.3 is 15.0 Å². The van der Waals surface area contributed by atoms with E-state index in [1.807, 2.05) is 19.1 Å². The number of ether oxygens (including phenoxy) is 1. The number of pyridine rings is 1. The van der Waals surface area contributed by atoms with Gasteiger partial charge >= 0.3 is 0 Å². The fraction of sp³-hybridized carbons (Fsp3) is 0.385. The lowest BCUT2D eigenvalue weighted by molar-refractivity contribution is -0.128. The van der Waals surface area contributed by atoms with Gasteiger partial charge in [0.2, 0.25) is 5.91 Å². The van der Waals surface area contributed by atoms with Crippen LogP contribution < -0.4 is 10.1 Å². The lowest BCUT2D eigenvalue weighted by Gasteiger charge is -2.53. The number of hydrogen-bond donors (Lipinski definition) is 1. The number of anilines is 1.